The predicted molar refractivity (Wildman–Crippen MR) is 94.0 cm³/mol. The van der Waals surface area contributed by atoms with Crippen molar-refractivity contribution in [2.24, 2.45) is 5.92 Å². The Labute approximate surface area is 149 Å². The lowest BCUT2D eigenvalue weighted by Crippen LogP contribution is -2.47. The molecule has 7 heteroatoms. The maximum atomic E-state index is 12.5. The Balaban J connectivity index is 1.86. The quantitative estimate of drug-likeness (QED) is 0.681. The van der Waals surface area contributed by atoms with Gasteiger partial charge in [0.15, 0.2) is 0 Å². The van der Waals surface area contributed by atoms with Crippen LogP contribution in [0.4, 0.5) is 0 Å². The molecule has 0 aromatic heterocycles. The number of nitrogens with one attached hydrogen (secondary N) is 1. The fourth-order valence-corrected chi connectivity index (χ4v) is 3.81. The lowest BCUT2D eigenvalue weighted by molar-refractivity contribution is -0.138. The zero-order valence-electron chi connectivity index (χ0n) is 15.6. The van der Waals surface area contributed by atoms with Crippen LogP contribution in [0.25, 0.3) is 0 Å². The lowest BCUT2D eigenvalue weighted by Gasteiger charge is -2.29. The first-order valence-electron chi connectivity index (χ1n) is 9.27. The van der Waals surface area contributed by atoms with Crippen molar-refractivity contribution < 1.29 is 19.5 Å². The molecule has 2 fully saturated rings. The zero-order chi connectivity index (χ0) is 18.6. The van der Waals surface area contributed by atoms with Crippen LogP contribution in [0.5, 0.6) is 0 Å². The third-order valence-corrected chi connectivity index (χ3v) is 5.35. The third kappa shape index (κ3) is 5.42. The van der Waals surface area contributed by atoms with Gasteiger partial charge in [-0.1, -0.05) is 6.92 Å². The predicted octanol–water partition coefficient (Wildman–Crippen LogP) is 1.08. The van der Waals surface area contributed by atoms with Gasteiger partial charge in [0.1, 0.15) is 0 Å². The van der Waals surface area contributed by atoms with E-state index in [0.29, 0.717) is 25.6 Å². The number of nitrogens with zero attached hydrogens (tertiary/aromatic N) is 2. The molecule has 0 bridgehead atoms. The van der Waals surface area contributed by atoms with E-state index >= 15 is 0 Å². The molecule has 0 saturated carbocycles. The number of likely N-dealkylation sites (N-methyl/N-ethyl adjacent to an activating group) is 1. The van der Waals surface area contributed by atoms with E-state index < -0.39 is 11.5 Å². The van der Waals surface area contributed by atoms with E-state index in [1.54, 1.807) is 0 Å². The summed E-state index contributed by atoms with van der Waals surface area (Å²) in [7, 11) is 0. The second-order valence-electron chi connectivity index (χ2n) is 7.89. The topological polar surface area (TPSA) is 89.9 Å². The Bertz CT molecular complexity index is 520. The number of hydrogen-bond donors (Lipinski definition) is 2. The largest absolute Gasteiger partial charge is 0.481 e. The van der Waals surface area contributed by atoms with Gasteiger partial charge in [0.2, 0.25) is 11.8 Å². The van der Waals surface area contributed by atoms with Crippen LogP contribution in [0.2, 0.25) is 0 Å². The van der Waals surface area contributed by atoms with Crippen LogP contribution in [-0.4, -0.2) is 70.4 Å². The fourth-order valence-electron chi connectivity index (χ4n) is 3.81. The maximum absolute atomic E-state index is 12.5. The van der Waals surface area contributed by atoms with Gasteiger partial charge < -0.3 is 15.3 Å². The number of amides is 2. The minimum Gasteiger partial charge on any atom is -0.481 e. The first-order valence-corrected chi connectivity index (χ1v) is 9.27. The Morgan fingerprint density at radius 3 is 2.72 bits per heavy atom. The van der Waals surface area contributed by atoms with E-state index in [4.69, 9.17) is 5.11 Å². The highest BCUT2D eigenvalue weighted by Gasteiger charge is 2.38. The van der Waals surface area contributed by atoms with Crippen molar-refractivity contribution in [3.05, 3.63) is 0 Å². The average Bonchev–Trinajstić information content (AvgIpc) is 3.12. The number of aliphatic carboxylic acids is 1. The molecule has 2 rings (SSSR count). The fraction of sp³-hybridized carbons (Fsp3) is 0.833. The summed E-state index contributed by atoms with van der Waals surface area (Å²) in [6.07, 6.45) is 2.90. The first kappa shape index (κ1) is 19.7. The highest BCUT2D eigenvalue weighted by atomic mass is 16.4. The zero-order valence-corrected chi connectivity index (χ0v) is 15.6. The molecular formula is C18H31N3O4. The SMILES string of the molecule is CCN1CCCC1CN1CC(C(=O)NC(C)(C)CCC(=O)O)CC1=O. The molecule has 0 aromatic carbocycles. The van der Waals surface area contributed by atoms with Gasteiger partial charge in [-0.25, -0.2) is 0 Å². The van der Waals surface area contributed by atoms with Crippen LogP contribution < -0.4 is 5.32 Å². The summed E-state index contributed by atoms with van der Waals surface area (Å²) in [4.78, 5) is 39.8. The molecule has 2 aliphatic rings. The van der Waals surface area contributed by atoms with Crippen molar-refractivity contribution in [3.63, 3.8) is 0 Å². The standard InChI is InChI=1S/C18H31N3O4/c1-4-20-9-5-6-14(20)12-21-11-13(10-15(21)22)17(25)19-18(2,3)8-7-16(23)24/h13-14H,4-12H2,1-3H3,(H,19,25)(H,23,24). The monoisotopic (exact) mass is 353 g/mol. The van der Waals surface area contributed by atoms with Gasteiger partial charge >= 0.3 is 5.97 Å². The van der Waals surface area contributed by atoms with Gasteiger partial charge in [-0.15, -0.1) is 0 Å². The normalized spacial score (nSPS) is 24.8. The van der Waals surface area contributed by atoms with Crippen LogP contribution in [-0.2, 0) is 14.4 Å². The second-order valence-corrected chi connectivity index (χ2v) is 7.89. The van der Waals surface area contributed by atoms with Gasteiger partial charge in [-0.3, -0.25) is 19.3 Å². The Morgan fingerprint density at radius 1 is 1.36 bits per heavy atom. The minimum absolute atomic E-state index is 0.0114. The molecule has 2 aliphatic heterocycles. The third-order valence-electron chi connectivity index (χ3n) is 5.35. The number of carbonyl (C=O) groups excluding carboxylic acids is 2. The van der Waals surface area contributed by atoms with E-state index in [0.717, 1.165) is 19.5 Å². The van der Waals surface area contributed by atoms with Crippen molar-refractivity contribution >= 4 is 17.8 Å². The van der Waals surface area contributed by atoms with E-state index in [-0.39, 0.29) is 30.6 Å². The van der Waals surface area contributed by atoms with Crippen LogP contribution in [0.3, 0.4) is 0 Å². The lowest BCUT2D eigenvalue weighted by atomic mass is 9.96. The molecule has 7 nitrogen and oxygen atoms in total. The molecular weight excluding hydrogens is 322 g/mol. The number of hydrogen-bond acceptors (Lipinski definition) is 4. The Hall–Kier alpha value is -1.63. The van der Waals surface area contributed by atoms with E-state index in [1.165, 1.54) is 6.42 Å². The molecule has 0 aromatic rings. The van der Waals surface area contributed by atoms with Crippen LogP contribution in [0, 0.1) is 5.92 Å². The molecule has 2 saturated heterocycles. The number of carbonyl (C=O) groups is 3. The summed E-state index contributed by atoms with van der Waals surface area (Å²) in [5.74, 6) is -1.31. The van der Waals surface area contributed by atoms with Gasteiger partial charge in [-0.2, -0.15) is 0 Å². The van der Waals surface area contributed by atoms with Crippen molar-refractivity contribution in [1.82, 2.24) is 15.1 Å². The summed E-state index contributed by atoms with van der Waals surface area (Å²) < 4.78 is 0. The molecule has 2 amide bonds. The number of likely N-dealkylation sites (tertiary alicyclic amines) is 2. The van der Waals surface area contributed by atoms with E-state index in [2.05, 4.69) is 17.1 Å². The van der Waals surface area contributed by atoms with Crippen LogP contribution >= 0.6 is 0 Å². The van der Waals surface area contributed by atoms with Crippen molar-refractivity contribution in [2.45, 2.75) is 64.5 Å². The second kappa shape index (κ2) is 8.17. The molecule has 2 N–H and O–H groups in total. The Morgan fingerprint density at radius 2 is 2.08 bits per heavy atom. The highest BCUT2D eigenvalue weighted by Crippen LogP contribution is 2.24. The van der Waals surface area contributed by atoms with E-state index in [1.807, 2.05) is 18.7 Å². The smallest absolute Gasteiger partial charge is 0.303 e. The number of carboxylic acid groups (broad SMARTS) is 1. The molecule has 2 atom stereocenters. The van der Waals surface area contributed by atoms with Gasteiger partial charge in [-0.05, 0) is 46.2 Å². The van der Waals surface area contributed by atoms with Gasteiger partial charge in [0.05, 0.1) is 5.92 Å². The summed E-state index contributed by atoms with van der Waals surface area (Å²) in [5.41, 5.74) is -0.587. The summed E-state index contributed by atoms with van der Waals surface area (Å²) in [6.45, 7) is 9.03. The molecule has 0 radical (unpaired) electrons. The number of rotatable bonds is 8. The van der Waals surface area contributed by atoms with Crippen molar-refractivity contribution in [3.8, 4) is 0 Å². The van der Waals surface area contributed by atoms with Gasteiger partial charge in [0.25, 0.3) is 0 Å². The number of carboxylic acids is 1. The maximum Gasteiger partial charge on any atom is 0.303 e. The van der Waals surface area contributed by atoms with Gasteiger partial charge in [0, 0.05) is 37.5 Å². The highest BCUT2D eigenvalue weighted by molar-refractivity contribution is 5.89. The average molecular weight is 353 g/mol. The summed E-state index contributed by atoms with van der Waals surface area (Å²) >= 11 is 0. The molecule has 142 valence electrons. The van der Waals surface area contributed by atoms with Crippen molar-refractivity contribution in [2.75, 3.05) is 26.2 Å². The van der Waals surface area contributed by atoms with Crippen LogP contribution in [0.1, 0.15) is 52.9 Å². The van der Waals surface area contributed by atoms with E-state index in [9.17, 15) is 14.4 Å². The molecule has 0 spiro atoms. The Kier molecular flexibility index (Phi) is 6.43. The molecule has 25 heavy (non-hydrogen) atoms. The van der Waals surface area contributed by atoms with Crippen LogP contribution in [0.15, 0.2) is 0 Å². The summed E-state index contributed by atoms with van der Waals surface area (Å²) in [5, 5.41) is 11.7. The minimum atomic E-state index is -0.874. The van der Waals surface area contributed by atoms with Crippen molar-refractivity contribution in [1.29, 1.82) is 0 Å². The first-order chi connectivity index (χ1) is 11.7. The summed E-state index contributed by atoms with van der Waals surface area (Å²) in [6, 6.07) is 0.405. The molecule has 2 unspecified atom stereocenters. The molecule has 2 heterocycles. The molecule has 0 aliphatic carbocycles.